The summed E-state index contributed by atoms with van der Waals surface area (Å²) < 4.78 is 15.1. The van der Waals surface area contributed by atoms with Crippen molar-refractivity contribution in [2.75, 3.05) is 34.0 Å². The molecule has 0 radical (unpaired) electrons. The lowest BCUT2D eigenvalue weighted by atomic mass is 10.4. The molecule has 0 unspecified atom stereocenters. The Labute approximate surface area is 94.9 Å². The van der Waals surface area contributed by atoms with Gasteiger partial charge in [-0.3, -0.25) is 4.79 Å². The van der Waals surface area contributed by atoms with Crippen molar-refractivity contribution in [2.24, 2.45) is 0 Å². The minimum atomic E-state index is -0.0764. The maximum Gasteiger partial charge on any atom is 0.248 e. The van der Waals surface area contributed by atoms with Crippen molar-refractivity contribution in [3.63, 3.8) is 0 Å². The van der Waals surface area contributed by atoms with E-state index in [1.807, 2.05) is 6.07 Å². The van der Waals surface area contributed by atoms with Crippen molar-refractivity contribution in [1.29, 1.82) is 0 Å². The summed E-state index contributed by atoms with van der Waals surface area (Å²) in [6, 6.07) is 3.62. The second-order valence-electron chi connectivity index (χ2n) is 3.37. The highest BCUT2D eigenvalue weighted by Crippen LogP contribution is 2.03. The van der Waals surface area contributed by atoms with Gasteiger partial charge in [-0.15, -0.1) is 0 Å². The number of hydrogen-bond acceptors (Lipinski definition) is 4. The van der Waals surface area contributed by atoms with Crippen molar-refractivity contribution < 1.29 is 18.7 Å². The number of furan rings is 1. The predicted molar refractivity (Wildman–Crippen MR) is 57.9 cm³/mol. The molecule has 0 fully saturated rings. The fourth-order valence-electron chi connectivity index (χ4n) is 1.14. The molecule has 0 N–H and O–H groups in total. The average molecular weight is 227 g/mol. The van der Waals surface area contributed by atoms with Gasteiger partial charge in [0.05, 0.1) is 26.0 Å². The summed E-state index contributed by atoms with van der Waals surface area (Å²) in [6.07, 6.45) is 1.59. The van der Waals surface area contributed by atoms with Gasteiger partial charge in [-0.1, -0.05) is 0 Å². The molecule has 0 atom stereocenters. The Balaban J connectivity index is 2.20. The first-order chi connectivity index (χ1) is 7.74. The maximum absolute atomic E-state index is 11.6. The lowest BCUT2D eigenvalue weighted by Crippen LogP contribution is -2.30. The summed E-state index contributed by atoms with van der Waals surface area (Å²) in [5.74, 6) is 0.681. The average Bonchev–Trinajstić information content (AvgIpc) is 2.76. The number of carbonyl (C=O) groups excluding carboxylic acids is 1. The number of ether oxygens (including phenoxy) is 2. The third kappa shape index (κ3) is 4.46. The van der Waals surface area contributed by atoms with Crippen LogP contribution in [0.4, 0.5) is 0 Å². The van der Waals surface area contributed by atoms with Gasteiger partial charge >= 0.3 is 0 Å². The molecule has 0 aliphatic carbocycles. The standard InChI is InChI=1S/C11H17NO4/c1-12(8-10-4-3-5-16-10)11(13)9-15-7-6-14-2/h3-5H,6-9H2,1-2H3. The zero-order valence-corrected chi connectivity index (χ0v) is 9.64. The summed E-state index contributed by atoms with van der Waals surface area (Å²) in [7, 11) is 3.30. The zero-order valence-electron chi connectivity index (χ0n) is 9.64. The molecule has 0 aliphatic heterocycles. The van der Waals surface area contributed by atoms with Gasteiger partial charge in [0.1, 0.15) is 12.4 Å². The van der Waals surface area contributed by atoms with Gasteiger partial charge in [0.15, 0.2) is 0 Å². The van der Waals surface area contributed by atoms with Crippen molar-refractivity contribution >= 4 is 5.91 Å². The number of hydrogen-bond donors (Lipinski definition) is 0. The van der Waals surface area contributed by atoms with E-state index in [9.17, 15) is 4.79 Å². The van der Waals surface area contributed by atoms with Crippen molar-refractivity contribution in [3.05, 3.63) is 24.2 Å². The van der Waals surface area contributed by atoms with Crippen LogP contribution in [0.1, 0.15) is 5.76 Å². The molecule has 1 heterocycles. The van der Waals surface area contributed by atoms with Gasteiger partial charge in [0, 0.05) is 14.2 Å². The van der Waals surface area contributed by atoms with Gasteiger partial charge in [-0.2, -0.15) is 0 Å². The van der Waals surface area contributed by atoms with Crippen LogP contribution in [0.15, 0.2) is 22.8 Å². The smallest absolute Gasteiger partial charge is 0.248 e. The van der Waals surface area contributed by atoms with Crippen LogP contribution in [0.5, 0.6) is 0 Å². The van der Waals surface area contributed by atoms with Gasteiger partial charge < -0.3 is 18.8 Å². The van der Waals surface area contributed by atoms with Crippen LogP contribution in [0.25, 0.3) is 0 Å². The first-order valence-electron chi connectivity index (χ1n) is 5.07. The van der Waals surface area contributed by atoms with Crippen LogP contribution in [0.3, 0.4) is 0 Å². The molecule has 5 nitrogen and oxygen atoms in total. The summed E-state index contributed by atoms with van der Waals surface area (Å²) in [5, 5.41) is 0. The Hall–Kier alpha value is -1.33. The third-order valence-corrected chi connectivity index (χ3v) is 2.06. The number of amides is 1. The molecule has 1 rings (SSSR count). The summed E-state index contributed by atoms with van der Waals surface area (Å²) in [6.45, 7) is 1.45. The lowest BCUT2D eigenvalue weighted by molar-refractivity contribution is -0.136. The van der Waals surface area contributed by atoms with E-state index >= 15 is 0 Å². The first-order valence-corrected chi connectivity index (χ1v) is 5.07. The van der Waals surface area contributed by atoms with Crippen LogP contribution in [0.2, 0.25) is 0 Å². The molecule has 0 aromatic carbocycles. The number of nitrogens with zero attached hydrogens (tertiary/aromatic N) is 1. The van der Waals surface area contributed by atoms with E-state index in [2.05, 4.69) is 0 Å². The van der Waals surface area contributed by atoms with E-state index < -0.39 is 0 Å². The van der Waals surface area contributed by atoms with Crippen LogP contribution in [0, 0.1) is 0 Å². The molecule has 0 spiro atoms. The van der Waals surface area contributed by atoms with E-state index in [1.54, 1.807) is 31.4 Å². The lowest BCUT2D eigenvalue weighted by Gasteiger charge is -2.15. The summed E-state index contributed by atoms with van der Waals surface area (Å²) in [4.78, 5) is 13.1. The number of rotatable bonds is 7. The second kappa shape index (κ2) is 7.03. The highest BCUT2D eigenvalue weighted by molar-refractivity contribution is 5.77. The van der Waals surface area contributed by atoms with Crippen molar-refractivity contribution in [1.82, 2.24) is 4.90 Å². The molecule has 1 aromatic heterocycles. The summed E-state index contributed by atoms with van der Waals surface area (Å²) in [5.41, 5.74) is 0. The normalized spacial score (nSPS) is 10.4. The number of methoxy groups -OCH3 is 1. The molecular weight excluding hydrogens is 210 g/mol. The van der Waals surface area contributed by atoms with Crippen molar-refractivity contribution in [2.45, 2.75) is 6.54 Å². The molecule has 1 amide bonds. The van der Waals surface area contributed by atoms with E-state index in [-0.39, 0.29) is 12.5 Å². The SMILES string of the molecule is COCCOCC(=O)N(C)Cc1ccco1. The molecule has 5 heteroatoms. The fourth-order valence-corrected chi connectivity index (χ4v) is 1.14. The first kappa shape index (κ1) is 12.7. The van der Waals surface area contributed by atoms with Crippen LogP contribution >= 0.6 is 0 Å². The molecule has 90 valence electrons. The van der Waals surface area contributed by atoms with Crippen LogP contribution in [-0.4, -0.2) is 44.8 Å². The van der Waals surface area contributed by atoms with E-state index in [0.29, 0.717) is 19.8 Å². The van der Waals surface area contributed by atoms with Crippen LogP contribution < -0.4 is 0 Å². The molecular formula is C11H17NO4. The minimum Gasteiger partial charge on any atom is -0.467 e. The van der Waals surface area contributed by atoms with Gasteiger partial charge in [0.25, 0.3) is 0 Å². The molecule has 0 bridgehead atoms. The predicted octanol–water partition coefficient (Wildman–Crippen LogP) is 0.901. The quantitative estimate of drug-likeness (QED) is 0.649. The molecule has 16 heavy (non-hydrogen) atoms. The Morgan fingerprint density at radius 2 is 2.31 bits per heavy atom. The second-order valence-corrected chi connectivity index (χ2v) is 3.37. The van der Waals surface area contributed by atoms with Crippen LogP contribution in [-0.2, 0) is 20.8 Å². The fraction of sp³-hybridized carbons (Fsp3) is 0.545. The molecule has 0 saturated heterocycles. The molecule has 1 aromatic rings. The molecule has 0 saturated carbocycles. The number of likely N-dealkylation sites (N-methyl/N-ethyl adjacent to an activating group) is 1. The van der Waals surface area contributed by atoms with E-state index in [1.165, 1.54) is 0 Å². The Kier molecular flexibility index (Phi) is 5.60. The maximum atomic E-state index is 11.6. The molecule has 0 aliphatic rings. The Bertz CT molecular complexity index is 297. The number of carbonyl (C=O) groups is 1. The van der Waals surface area contributed by atoms with Gasteiger partial charge in [0.2, 0.25) is 5.91 Å². The zero-order chi connectivity index (χ0) is 11.8. The largest absolute Gasteiger partial charge is 0.467 e. The van der Waals surface area contributed by atoms with E-state index in [4.69, 9.17) is 13.9 Å². The third-order valence-electron chi connectivity index (χ3n) is 2.06. The van der Waals surface area contributed by atoms with E-state index in [0.717, 1.165) is 5.76 Å². The Morgan fingerprint density at radius 3 is 2.94 bits per heavy atom. The highest BCUT2D eigenvalue weighted by atomic mass is 16.5. The minimum absolute atomic E-state index is 0.0700. The van der Waals surface area contributed by atoms with Gasteiger partial charge in [-0.05, 0) is 12.1 Å². The Morgan fingerprint density at radius 1 is 1.50 bits per heavy atom. The van der Waals surface area contributed by atoms with Gasteiger partial charge in [-0.25, -0.2) is 0 Å². The summed E-state index contributed by atoms with van der Waals surface area (Å²) >= 11 is 0. The monoisotopic (exact) mass is 227 g/mol. The van der Waals surface area contributed by atoms with Crippen molar-refractivity contribution in [3.8, 4) is 0 Å². The topological polar surface area (TPSA) is 51.9 Å². The highest BCUT2D eigenvalue weighted by Gasteiger charge is 2.10.